The van der Waals surface area contributed by atoms with Gasteiger partial charge in [0.15, 0.2) is 5.96 Å². The molecule has 0 aliphatic carbocycles. The number of halogens is 1. The Hall–Kier alpha value is -1.62. The maximum atomic E-state index is 13.3. The Kier molecular flexibility index (Phi) is 6.81. The van der Waals surface area contributed by atoms with Crippen molar-refractivity contribution in [1.82, 2.24) is 10.6 Å². The predicted octanol–water partition coefficient (Wildman–Crippen LogP) is 2.86. The molecule has 1 aromatic rings. The van der Waals surface area contributed by atoms with Crippen LogP contribution in [0.25, 0.3) is 0 Å². The third-order valence-electron chi connectivity index (χ3n) is 3.61. The van der Waals surface area contributed by atoms with E-state index in [0.717, 1.165) is 5.56 Å². The number of hydrogen-bond acceptors (Lipinski definition) is 2. The number of aryl methyl sites for hydroxylation is 1. The standard InChI is InChI=1S/C17H28FN3O/c1-12-9-13(7-8-14(12)18)10-20-16(19-5)21-11-15(22-6)17(2,3)4/h7-9,15H,10-11H2,1-6H3,(H2,19,20,21). The highest BCUT2D eigenvalue weighted by atomic mass is 19.1. The molecule has 5 heteroatoms. The summed E-state index contributed by atoms with van der Waals surface area (Å²) in [6.45, 7) is 9.44. The van der Waals surface area contributed by atoms with Gasteiger partial charge in [-0.05, 0) is 29.5 Å². The zero-order valence-electron chi connectivity index (χ0n) is 14.5. The van der Waals surface area contributed by atoms with Gasteiger partial charge in [0.2, 0.25) is 0 Å². The molecule has 0 aliphatic rings. The Morgan fingerprint density at radius 2 is 2.00 bits per heavy atom. The van der Waals surface area contributed by atoms with Crippen molar-refractivity contribution in [2.45, 2.75) is 40.3 Å². The molecule has 0 aromatic heterocycles. The molecular formula is C17H28FN3O. The number of hydrogen-bond donors (Lipinski definition) is 2. The fraction of sp³-hybridized carbons (Fsp3) is 0.588. The third kappa shape index (κ3) is 5.64. The summed E-state index contributed by atoms with van der Waals surface area (Å²) in [6.07, 6.45) is 0.0825. The molecule has 1 atom stereocenters. The summed E-state index contributed by atoms with van der Waals surface area (Å²) in [5.41, 5.74) is 1.71. The average molecular weight is 309 g/mol. The van der Waals surface area contributed by atoms with Crippen molar-refractivity contribution in [3.05, 3.63) is 35.1 Å². The van der Waals surface area contributed by atoms with Crippen molar-refractivity contribution in [1.29, 1.82) is 0 Å². The van der Waals surface area contributed by atoms with E-state index in [2.05, 4.69) is 36.4 Å². The molecule has 22 heavy (non-hydrogen) atoms. The van der Waals surface area contributed by atoms with E-state index in [1.54, 1.807) is 27.1 Å². The molecule has 124 valence electrons. The van der Waals surface area contributed by atoms with Gasteiger partial charge in [0.1, 0.15) is 5.82 Å². The van der Waals surface area contributed by atoms with E-state index in [1.807, 2.05) is 6.07 Å². The molecule has 1 unspecified atom stereocenters. The molecule has 0 amide bonds. The Morgan fingerprint density at radius 1 is 1.32 bits per heavy atom. The quantitative estimate of drug-likeness (QED) is 0.649. The second kappa shape index (κ2) is 8.13. The smallest absolute Gasteiger partial charge is 0.191 e. The second-order valence-corrected chi connectivity index (χ2v) is 6.48. The van der Waals surface area contributed by atoms with E-state index >= 15 is 0 Å². The molecule has 0 saturated carbocycles. The summed E-state index contributed by atoms with van der Waals surface area (Å²) in [7, 11) is 3.44. The largest absolute Gasteiger partial charge is 0.379 e. The first-order valence-corrected chi connectivity index (χ1v) is 7.50. The third-order valence-corrected chi connectivity index (χ3v) is 3.61. The Labute approximate surface area is 133 Å². The van der Waals surface area contributed by atoms with Gasteiger partial charge in [-0.15, -0.1) is 0 Å². The van der Waals surface area contributed by atoms with Crippen LogP contribution < -0.4 is 10.6 Å². The van der Waals surface area contributed by atoms with Gasteiger partial charge in [0, 0.05) is 27.2 Å². The van der Waals surface area contributed by atoms with Crippen LogP contribution in [-0.2, 0) is 11.3 Å². The maximum absolute atomic E-state index is 13.3. The van der Waals surface area contributed by atoms with Gasteiger partial charge in [0.25, 0.3) is 0 Å². The molecule has 1 rings (SSSR count). The zero-order valence-corrected chi connectivity index (χ0v) is 14.5. The van der Waals surface area contributed by atoms with Gasteiger partial charge in [-0.3, -0.25) is 4.99 Å². The first-order valence-electron chi connectivity index (χ1n) is 7.50. The van der Waals surface area contributed by atoms with E-state index < -0.39 is 0 Å². The van der Waals surface area contributed by atoms with E-state index in [9.17, 15) is 4.39 Å². The highest BCUT2D eigenvalue weighted by Crippen LogP contribution is 2.20. The monoisotopic (exact) mass is 309 g/mol. The molecule has 4 nitrogen and oxygen atoms in total. The Morgan fingerprint density at radius 3 is 2.50 bits per heavy atom. The highest BCUT2D eigenvalue weighted by Gasteiger charge is 2.24. The summed E-state index contributed by atoms with van der Waals surface area (Å²) in [4.78, 5) is 4.20. The lowest BCUT2D eigenvalue weighted by Gasteiger charge is -2.30. The van der Waals surface area contributed by atoms with Gasteiger partial charge in [-0.25, -0.2) is 4.39 Å². The van der Waals surface area contributed by atoms with Crippen LogP contribution in [0.2, 0.25) is 0 Å². The van der Waals surface area contributed by atoms with Crippen molar-refractivity contribution < 1.29 is 9.13 Å². The molecule has 0 bridgehead atoms. The first-order chi connectivity index (χ1) is 10.3. The minimum Gasteiger partial charge on any atom is -0.379 e. The van der Waals surface area contributed by atoms with E-state index in [4.69, 9.17) is 4.74 Å². The van der Waals surface area contributed by atoms with Gasteiger partial charge in [0.05, 0.1) is 6.10 Å². The van der Waals surface area contributed by atoms with Gasteiger partial charge >= 0.3 is 0 Å². The SMILES string of the molecule is CN=C(NCc1ccc(F)c(C)c1)NCC(OC)C(C)(C)C. The van der Waals surface area contributed by atoms with Crippen LogP contribution >= 0.6 is 0 Å². The zero-order chi connectivity index (χ0) is 16.8. The number of nitrogens with zero attached hydrogens (tertiary/aromatic N) is 1. The maximum Gasteiger partial charge on any atom is 0.191 e. The lowest BCUT2D eigenvalue weighted by atomic mass is 9.89. The fourth-order valence-corrected chi connectivity index (χ4v) is 2.16. The van der Waals surface area contributed by atoms with E-state index in [-0.39, 0.29) is 17.3 Å². The number of aliphatic imine (C=N–C) groups is 1. The summed E-state index contributed by atoms with van der Waals surface area (Å²) >= 11 is 0. The number of ether oxygens (including phenoxy) is 1. The number of rotatable bonds is 5. The van der Waals surface area contributed by atoms with Gasteiger partial charge in [-0.1, -0.05) is 32.9 Å². The average Bonchev–Trinajstić information content (AvgIpc) is 2.45. The minimum atomic E-state index is -0.181. The van der Waals surface area contributed by atoms with E-state index in [1.165, 1.54) is 6.07 Å². The molecule has 0 aliphatic heterocycles. The summed E-state index contributed by atoms with van der Waals surface area (Å²) in [5, 5.41) is 6.49. The van der Waals surface area contributed by atoms with Crippen LogP contribution in [-0.4, -0.2) is 32.8 Å². The van der Waals surface area contributed by atoms with Crippen LogP contribution in [0, 0.1) is 18.2 Å². The molecular weight excluding hydrogens is 281 g/mol. The van der Waals surface area contributed by atoms with Crippen LogP contribution in [0.3, 0.4) is 0 Å². The summed E-state index contributed by atoms with van der Waals surface area (Å²) in [6, 6.07) is 5.10. The molecule has 0 spiro atoms. The van der Waals surface area contributed by atoms with Crippen LogP contribution in [0.4, 0.5) is 4.39 Å². The fourth-order valence-electron chi connectivity index (χ4n) is 2.16. The van der Waals surface area contributed by atoms with E-state index in [0.29, 0.717) is 24.6 Å². The highest BCUT2D eigenvalue weighted by molar-refractivity contribution is 5.79. The molecule has 0 fully saturated rings. The lowest BCUT2D eigenvalue weighted by Crippen LogP contribution is -2.45. The van der Waals surface area contributed by atoms with Crippen molar-refractivity contribution in [3.63, 3.8) is 0 Å². The van der Waals surface area contributed by atoms with Gasteiger partial charge < -0.3 is 15.4 Å². The number of benzene rings is 1. The Bertz CT molecular complexity index is 509. The first kappa shape index (κ1) is 18.4. The van der Waals surface area contributed by atoms with Crippen molar-refractivity contribution in [3.8, 4) is 0 Å². The molecule has 0 heterocycles. The number of guanidine groups is 1. The summed E-state index contributed by atoms with van der Waals surface area (Å²) < 4.78 is 18.8. The molecule has 1 aromatic carbocycles. The number of methoxy groups -OCH3 is 1. The predicted molar refractivity (Wildman–Crippen MR) is 89.6 cm³/mol. The van der Waals surface area contributed by atoms with Crippen LogP contribution in [0.5, 0.6) is 0 Å². The van der Waals surface area contributed by atoms with Crippen LogP contribution in [0.15, 0.2) is 23.2 Å². The topological polar surface area (TPSA) is 45.7 Å². The minimum absolute atomic E-state index is 0.0503. The lowest BCUT2D eigenvalue weighted by molar-refractivity contribution is 0.0205. The normalized spacial score (nSPS) is 13.9. The van der Waals surface area contributed by atoms with Crippen molar-refractivity contribution in [2.75, 3.05) is 20.7 Å². The summed E-state index contributed by atoms with van der Waals surface area (Å²) in [5.74, 6) is 0.521. The number of nitrogens with one attached hydrogen (secondary N) is 2. The Balaban J connectivity index is 2.54. The molecule has 0 saturated heterocycles. The van der Waals surface area contributed by atoms with Crippen LogP contribution in [0.1, 0.15) is 31.9 Å². The molecule has 2 N–H and O–H groups in total. The second-order valence-electron chi connectivity index (χ2n) is 6.48. The van der Waals surface area contributed by atoms with Gasteiger partial charge in [-0.2, -0.15) is 0 Å². The molecule has 0 radical (unpaired) electrons. The van der Waals surface area contributed by atoms with Crippen molar-refractivity contribution in [2.24, 2.45) is 10.4 Å². The van der Waals surface area contributed by atoms with Crippen molar-refractivity contribution >= 4 is 5.96 Å².